The minimum Gasteiger partial charge on any atom is -0.497 e. The third-order valence-corrected chi connectivity index (χ3v) is 6.01. The molecule has 0 fully saturated rings. The van der Waals surface area contributed by atoms with E-state index in [0.29, 0.717) is 11.8 Å². The number of hydrogen-bond donors (Lipinski definition) is 1. The van der Waals surface area contributed by atoms with Gasteiger partial charge in [-0.3, -0.25) is 9.36 Å². The lowest BCUT2D eigenvalue weighted by Crippen LogP contribution is -2.22. The molecule has 1 N–H and O–H groups in total. The van der Waals surface area contributed by atoms with Crippen LogP contribution in [0.3, 0.4) is 0 Å². The SMILES string of the molecule is CCOC(=O)c1cn(-c2nc(NCc3ccc(OC)cc3)c(Cl)cc2F)c2c(Cl)c(F)c(F)cc2c1=O. The van der Waals surface area contributed by atoms with Crippen molar-refractivity contribution in [2.24, 2.45) is 0 Å². The number of rotatable bonds is 7. The normalized spacial score (nSPS) is 11.0. The Kier molecular flexibility index (Phi) is 7.60. The average molecular weight is 552 g/mol. The van der Waals surface area contributed by atoms with Crippen LogP contribution in [0, 0.1) is 17.5 Å². The summed E-state index contributed by atoms with van der Waals surface area (Å²) in [5, 5.41) is 1.62. The van der Waals surface area contributed by atoms with E-state index in [0.717, 1.165) is 22.4 Å². The quantitative estimate of drug-likeness (QED) is 0.227. The summed E-state index contributed by atoms with van der Waals surface area (Å²) in [5.41, 5.74) is -1.10. The molecule has 0 aliphatic carbocycles. The Morgan fingerprint density at radius 1 is 1.11 bits per heavy atom. The molecule has 2 aromatic heterocycles. The summed E-state index contributed by atoms with van der Waals surface area (Å²) in [6.45, 7) is 1.69. The number of hydrogen-bond acceptors (Lipinski definition) is 6. The fraction of sp³-hybridized carbons (Fsp3) is 0.160. The lowest BCUT2D eigenvalue weighted by molar-refractivity contribution is 0.0524. The topological polar surface area (TPSA) is 82.5 Å². The molecule has 192 valence electrons. The van der Waals surface area contributed by atoms with E-state index in [1.807, 2.05) is 0 Å². The average Bonchev–Trinajstić information content (AvgIpc) is 2.88. The van der Waals surface area contributed by atoms with Crippen molar-refractivity contribution in [1.82, 2.24) is 9.55 Å². The van der Waals surface area contributed by atoms with Gasteiger partial charge in [-0.15, -0.1) is 0 Å². The van der Waals surface area contributed by atoms with E-state index >= 15 is 4.39 Å². The van der Waals surface area contributed by atoms with Crippen LogP contribution in [-0.4, -0.2) is 29.2 Å². The molecule has 0 aliphatic heterocycles. The molecule has 4 rings (SSSR count). The fourth-order valence-electron chi connectivity index (χ4n) is 3.59. The van der Waals surface area contributed by atoms with Gasteiger partial charge in [0.2, 0.25) is 5.43 Å². The zero-order chi connectivity index (χ0) is 26.9. The molecular weight excluding hydrogens is 534 g/mol. The molecule has 0 amide bonds. The zero-order valence-electron chi connectivity index (χ0n) is 19.4. The molecule has 0 aliphatic rings. The lowest BCUT2D eigenvalue weighted by atomic mass is 10.1. The number of ether oxygens (including phenoxy) is 2. The smallest absolute Gasteiger partial charge is 0.343 e. The maximum atomic E-state index is 15.2. The Morgan fingerprint density at radius 2 is 1.81 bits per heavy atom. The van der Waals surface area contributed by atoms with Crippen molar-refractivity contribution in [3.05, 3.63) is 91.4 Å². The van der Waals surface area contributed by atoms with Gasteiger partial charge in [-0.2, -0.15) is 0 Å². The van der Waals surface area contributed by atoms with E-state index in [4.69, 9.17) is 32.7 Å². The van der Waals surface area contributed by atoms with E-state index < -0.39 is 56.2 Å². The van der Waals surface area contributed by atoms with E-state index in [2.05, 4.69) is 10.3 Å². The minimum absolute atomic E-state index is 0.0390. The lowest BCUT2D eigenvalue weighted by Gasteiger charge is -2.17. The Labute approximate surface area is 218 Å². The first-order valence-corrected chi connectivity index (χ1v) is 11.5. The van der Waals surface area contributed by atoms with Gasteiger partial charge in [-0.05, 0) is 30.7 Å². The number of nitrogens with one attached hydrogen (secondary N) is 1. The zero-order valence-corrected chi connectivity index (χ0v) is 20.9. The van der Waals surface area contributed by atoms with Crippen LogP contribution in [0.15, 0.2) is 47.4 Å². The Balaban J connectivity index is 1.89. The van der Waals surface area contributed by atoms with Crippen molar-refractivity contribution in [1.29, 1.82) is 0 Å². The van der Waals surface area contributed by atoms with Crippen molar-refractivity contribution in [2.75, 3.05) is 19.0 Å². The molecule has 0 spiro atoms. The highest BCUT2D eigenvalue weighted by atomic mass is 35.5. The molecule has 0 saturated heterocycles. The van der Waals surface area contributed by atoms with E-state index in [-0.39, 0.29) is 24.0 Å². The number of halogens is 5. The predicted octanol–water partition coefficient (Wildman–Crippen LogP) is 5.91. The van der Waals surface area contributed by atoms with E-state index in [1.165, 1.54) is 14.0 Å². The first-order chi connectivity index (χ1) is 17.7. The number of carbonyl (C=O) groups excluding carboxylic acids is 1. The minimum atomic E-state index is -1.46. The van der Waals surface area contributed by atoms with Gasteiger partial charge in [0.15, 0.2) is 23.3 Å². The fourth-order valence-corrected chi connectivity index (χ4v) is 4.08. The van der Waals surface area contributed by atoms with Gasteiger partial charge in [0.1, 0.15) is 22.2 Å². The Bertz CT molecular complexity index is 1580. The van der Waals surface area contributed by atoms with Crippen molar-refractivity contribution in [3.8, 4) is 11.6 Å². The number of carbonyl (C=O) groups is 1. The molecular formula is C25H18Cl2F3N3O4. The second kappa shape index (κ2) is 10.7. The van der Waals surface area contributed by atoms with Gasteiger partial charge >= 0.3 is 5.97 Å². The molecule has 7 nitrogen and oxygen atoms in total. The molecule has 2 aromatic carbocycles. The highest BCUT2D eigenvalue weighted by Gasteiger charge is 2.25. The summed E-state index contributed by atoms with van der Waals surface area (Å²) < 4.78 is 54.6. The van der Waals surface area contributed by atoms with Gasteiger partial charge in [0.05, 0.1) is 29.6 Å². The molecule has 0 unspecified atom stereocenters. The summed E-state index contributed by atoms with van der Waals surface area (Å²) in [7, 11) is 1.54. The molecule has 0 radical (unpaired) electrons. The summed E-state index contributed by atoms with van der Waals surface area (Å²) in [5.74, 6) is -4.70. The first kappa shape index (κ1) is 26.3. The largest absolute Gasteiger partial charge is 0.497 e. The van der Waals surface area contributed by atoms with Gasteiger partial charge < -0.3 is 14.8 Å². The highest BCUT2D eigenvalue weighted by molar-refractivity contribution is 6.35. The van der Waals surface area contributed by atoms with Gasteiger partial charge in [0.25, 0.3) is 0 Å². The monoisotopic (exact) mass is 551 g/mol. The number of anilines is 1. The second-order valence-corrected chi connectivity index (χ2v) is 8.46. The molecule has 12 heteroatoms. The second-order valence-electron chi connectivity index (χ2n) is 7.67. The Hall–Kier alpha value is -3.76. The summed E-state index contributed by atoms with van der Waals surface area (Å²) in [6, 6.07) is 8.61. The summed E-state index contributed by atoms with van der Waals surface area (Å²) in [4.78, 5) is 29.6. The van der Waals surface area contributed by atoms with Crippen molar-refractivity contribution in [2.45, 2.75) is 13.5 Å². The number of esters is 1. The third kappa shape index (κ3) is 5.07. The maximum absolute atomic E-state index is 15.2. The molecule has 37 heavy (non-hydrogen) atoms. The number of pyridine rings is 2. The van der Waals surface area contributed by atoms with Crippen LogP contribution in [-0.2, 0) is 11.3 Å². The number of nitrogens with zero attached hydrogens (tertiary/aromatic N) is 2. The van der Waals surface area contributed by atoms with E-state index in [9.17, 15) is 18.4 Å². The third-order valence-electron chi connectivity index (χ3n) is 5.38. The van der Waals surface area contributed by atoms with Crippen LogP contribution >= 0.6 is 23.2 Å². The van der Waals surface area contributed by atoms with Crippen LogP contribution in [0.1, 0.15) is 22.8 Å². The molecule has 2 heterocycles. The van der Waals surface area contributed by atoms with Crippen LogP contribution in [0.4, 0.5) is 19.0 Å². The van der Waals surface area contributed by atoms with Gasteiger partial charge in [-0.25, -0.2) is 22.9 Å². The highest BCUT2D eigenvalue weighted by Crippen LogP contribution is 2.32. The van der Waals surface area contributed by atoms with Crippen LogP contribution < -0.4 is 15.5 Å². The van der Waals surface area contributed by atoms with Gasteiger partial charge in [-0.1, -0.05) is 35.3 Å². The predicted molar refractivity (Wildman–Crippen MR) is 134 cm³/mol. The molecule has 0 atom stereocenters. The number of fused-ring (bicyclic) bond motifs is 1. The first-order valence-electron chi connectivity index (χ1n) is 10.8. The van der Waals surface area contributed by atoms with E-state index in [1.54, 1.807) is 24.3 Å². The van der Waals surface area contributed by atoms with Crippen LogP contribution in [0.25, 0.3) is 16.7 Å². The molecule has 0 saturated carbocycles. The molecule has 0 bridgehead atoms. The summed E-state index contributed by atoms with van der Waals surface area (Å²) in [6.07, 6.45) is 0.915. The number of methoxy groups -OCH3 is 1. The maximum Gasteiger partial charge on any atom is 0.343 e. The van der Waals surface area contributed by atoms with Crippen molar-refractivity contribution < 1.29 is 27.4 Å². The standard InChI is InChI=1S/C25H18Cl2F3N3O4/c1-3-37-25(35)15-11-33(21-14(22(15)34)8-17(28)20(30)19(21)27)24-18(29)9-16(26)23(32-24)31-10-12-4-6-13(36-2)7-5-12/h4-9,11H,3,10H2,1-2H3,(H,31,32). The van der Waals surface area contributed by atoms with Crippen molar-refractivity contribution in [3.63, 3.8) is 0 Å². The van der Waals surface area contributed by atoms with Crippen LogP contribution in [0.5, 0.6) is 5.75 Å². The van der Waals surface area contributed by atoms with Crippen molar-refractivity contribution >= 4 is 45.9 Å². The Morgan fingerprint density at radius 3 is 2.46 bits per heavy atom. The van der Waals surface area contributed by atoms with Crippen LogP contribution in [0.2, 0.25) is 10.0 Å². The van der Waals surface area contributed by atoms with Gasteiger partial charge in [0, 0.05) is 18.8 Å². The molecule has 4 aromatic rings. The summed E-state index contributed by atoms with van der Waals surface area (Å²) >= 11 is 12.2. The number of aromatic nitrogens is 2. The number of benzene rings is 2.